The molecule has 1 aromatic rings. The highest BCUT2D eigenvalue weighted by Gasteiger charge is 2.23. The van der Waals surface area contributed by atoms with Gasteiger partial charge in [-0.1, -0.05) is 18.2 Å². The third kappa shape index (κ3) is 4.31. The molecule has 0 heterocycles. The Morgan fingerprint density at radius 3 is 2.44 bits per heavy atom. The van der Waals surface area contributed by atoms with Crippen LogP contribution in [0.3, 0.4) is 0 Å². The quantitative estimate of drug-likeness (QED) is 0.815. The Morgan fingerprint density at radius 2 is 1.89 bits per heavy atom. The second-order valence-electron chi connectivity index (χ2n) is 5.46. The fourth-order valence-corrected chi connectivity index (χ4v) is 1.89. The summed E-state index contributed by atoms with van der Waals surface area (Å²) >= 11 is 0. The van der Waals surface area contributed by atoms with E-state index in [4.69, 9.17) is 4.74 Å². The normalized spacial score (nSPS) is 15.2. The number of hydrogen-bond donors (Lipinski definition) is 2. The van der Waals surface area contributed by atoms with E-state index in [1.165, 1.54) is 5.56 Å². The fraction of sp³-hybridized carbons (Fsp3) is 0.600. The maximum Gasteiger partial charge on any atom is 0.122 e. The zero-order valence-corrected chi connectivity index (χ0v) is 12.0. The summed E-state index contributed by atoms with van der Waals surface area (Å²) in [7, 11) is 1.69. The number of methoxy groups -OCH3 is 1. The zero-order valence-electron chi connectivity index (χ0n) is 12.0. The van der Waals surface area contributed by atoms with Crippen LogP contribution in [0, 0.1) is 0 Å². The van der Waals surface area contributed by atoms with Gasteiger partial charge in [0, 0.05) is 12.1 Å². The van der Waals surface area contributed by atoms with Crippen LogP contribution in [0.25, 0.3) is 0 Å². The Bertz CT molecular complexity index is 371. The largest absolute Gasteiger partial charge is 0.496 e. The lowest BCUT2D eigenvalue weighted by Crippen LogP contribution is -2.48. The van der Waals surface area contributed by atoms with E-state index in [1.807, 2.05) is 39.0 Å². The van der Waals surface area contributed by atoms with E-state index in [2.05, 4.69) is 18.3 Å². The number of aliphatic hydroxyl groups is 1. The first-order valence-electron chi connectivity index (χ1n) is 6.45. The molecule has 2 N–H and O–H groups in total. The van der Waals surface area contributed by atoms with Gasteiger partial charge in [0.25, 0.3) is 0 Å². The lowest BCUT2D eigenvalue weighted by molar-refractivity contribution is 0.0406. The van der Waals surface area contributed by atoms with Gasteiger partial charge < -0.3 is 15.2 Å². The van der Waals surface area contributed by atoms with Crippen LogP contribution in [0.2, 0.25) is 0 Å². The molecular formula is C15H25NO2. The molecule has 2 atom stereocenters. The minimum Gasteiger partial charge on any atom is -0.496 e. The Kier molecular flexibility index (Phi) is 5.17. The second kappa shape index (κ2) is 6.21. The molecule has 0 aromatic heterocycles. The number of nitrogens with one attached hydrogen (secondary N) is 1. The summed E-state index contributed by atoms with van der Waals surface area (Å²) in [5, 5.41) is 13.3. The van der Waals surface area contributed by atoms with E-state index < -0.39 is 5.60 Å². The van der Waals surface area contributed by atoms with Crippen LogP contribution >= 0.6 is 0 Å². The summed E-state index contributed by atoms with van der Waals surface area (Å²) < 4.78 is 5.34. The minimum atomic E-state index is -0.713. The lowest BCUT2D eigenvalue weighted by atomic mass is 9.98. The second-order valence-corrected chi connectivity index (χ2v) is 5.46. The van der Waals surface area contributed by atoms with Crippen LogP contribution in [-0.2, 0) is 6.42 Å². The molecule has 0 amide bonds. The standard InChI is InChI=1S/C15H25NO2/c1-11(16-12(2)15(3,4)17)10-13-8-6-7-9-14(13)18-5/h6-9,11-12,16-17H,10H2,1-5H3. The highest BCUT2D eigenvalue weighted by Crippen LogP contribution is 2.19. The van der Waals surface area contributed by atoms with Gasteiger partial charge in [0.2, 0.25) is 0 Å². The van der Waals surface area contributed by atoms with E-state index in [9.17, 15) is 5.11 Å². The average Bonchev–Trinajstić information content (AvgIpc) is 2.28. The van der Waals surface area contributed by atoms with Crippen LogP contribution in [0.1, 0.15) is 33.3 Å². The van der Waals surface area contributed by atoms with Crippen molar-refractivity contribution in [1.29, 1.82) is 0 Å². The molecule has 0 saturated heterocycles. The van der Waals surface area contributed by atoms with Crippen LogP contribution in [0.15, 0.2) is 24.3 Å². The minimum absolute atomic E-state index is 0.0437. The molecule has 0 fully saturated rings. The number of ether oxygens (including phenoxy) is 1. The van der Waals surface area contributed by atoms with Crippen LogP contribution in [0.5, 0.6) is 5.75 Å². The van der Waals surface area contributed by atoms with Gasteiger partial charge in [0.05, 0.1) is 12.7 Å². The lowest BCUT2D eigenvalue weighted by Gasteiger charge is -2.30. The molecule has 0 spiro atoms. The molecule has 1 rings (SSSR count). The van der Waals surface area contributed by atoms with Gasteiger partial charge in [-0.3, -0.25) is 0 Å². The number of benzene rings is 1. The van der Waals surface area contributed by atoms with E-state index in [0.29, 0.717) is 0 Å². The van der Waals surface area contributed by atoms with Crippen molar-refractivity contribution >= 4 is 0 Å². The van der Waals surface area contributed by atoms with Crippen LogP contribution in [-0.4, -0.2) is 29.9 Å². The zero-order chi connectivity index (χ0) is 13.8. The highest BCUT2D eigenvalue weighted by atomic mass is 16.5. The first-order valence-corrected chi connectivity index (χ1v) is 6.45. The van der Waals surface area contributed by atoms with Crippen molar-refractivity contribution in [2.24, 2.45) is 0 Å². The van der Waals surface area contributed by atoms with Crippen molar-refractivity contribution in [3.63, 3.8) is 0 Å². The molecule has 18 heavy (non-hydrogen) atoms. The Labute approximate surface area is 110 Å². The van der Waals surface area contributed by atoms with Gasteiger partial charge >= 0.3 is 0 Å². The summed E-state index contributed by atoms with van der Waals surface area (Å²) in [4.78, 5) is 0. The SMILES string of the molecule is COc1ccccc1CC(C)NC(C)C(C)(C)O. The molecule has 3 nitrogen and oxygen atoms in total. The van der Waals surface area contributed by atoms with Gasteiger partial charge in [-0.2, -0.15) is 0 Å². The van der Waals surface area contributed by atoms with Gasteiger partial charge in [0.15, 0.2) is 0 Å². The van der Waals surface area contributed by atoms with E-state index in [-0.39, 0.29) is 12.1 Å². The monoisotopic (exact) mass is 251 g/mol. The molecule has 2 unspecified atom stereocenters. The molecular weight excluding hydrogens is 226 g/mol. The Hall–Kier alpha value is -1.06. The molecule has 0 bridgehead atoms. The fourth-order valence-electron chi connectivity index (χ4n) is 1.89. The average molecular weight is 251 g/mol. The van der Waals surface area contributed by atoms with Gasteiger partial charge in [0.1, 0.15) is 5.75 Å². The van der Waals surface area contributed by atoms with Crippen LogP contribution in [0.4, 0.5) is 0 Å². The summed E-state index contributed by atoms with van der Waals surface area (Å²) in [5.74, 6) is 0.919. The van der Waals surface area contributed by atoms with Gasteiger partial charge in [-0.05, 0) is 45.7 Å². The molecule has 0 aliphatic heterocycles. The maximum absolute atomic E-state index is 9.91. The topological polar surface area (TPSA) is 41.5 Å². The van der Waals surface area contributed by atoms with E-state index in [0.717, 1.165) is 12.2 Å². The van der Waals surface area contributed by atoms with Gasteiger partial charge in [-0.25, -0.2) is 0 Å². The molecule has 1 aromatic carbocycles. The summed E-state index contributed by atoms with van der Waals surface area (Å²) in [6, 6.07) is 8.36. The predicted molar refractivity (Wildman–Crippen MR) is 75.1 cm³/mol. The first kappa shape index (κ1) is 15.0. The summed E-state index contributed by atoms with van der Waals surface area (Å²) in [5.41, 5.74) is 0.470. The first-order chi connectivity index (χ1) is 8.34. The Balaban J connectivity index is 2.62. The smallest absolute Gasteiger partial charge is 0.122 e. The summed E-state index contributed by atoms with van der Waals surface area (Å²) in [6.07, 6.45) is 0.879. The van der Waals surface area contributed by atoms with Crippen molar-refractivity contribution in [3.8, 4) is 5.75 Å². The van der Waals surface area contributed by atoms with Crippen molar-refractivity contribution in [1.82, 2.24) is 5.32 Å². The van der Waals surface area contributed by atoms with Crippen molar-refractivity contribution in [3.05, 3.63) is 29.8 Å². The molecule has 0 radical (unpaired) electrons. The number of para-hydroxylation sites is 1. The number of hydrogen-bond acceptors (Lipinski definition) is 3. The van der Waals surface area contributed by atoms with Crippen molar-refractivity contribution < 1.29 is 9.84 Å². The maximum atomic E-state index is 9.91. The van der Waals surface area contributed by atoms with Crippen molar-refractivity contribution in [2.45, 2.75) is 51.8 Å². The predicted octanol–water partition coefficient (Wildman–Crippen LogP) is 2.38. The molecule has 0 aliphatic carbocycles. The van der Waals surface area contributed by atoms with Crippen LogP contribution < -0.4 is 10.1 Å². The molecule has 3 heteroatoms. The summed E-state index contributed by atoms with van der Waals surface area (Å²) in [6.45, 7) is 7.76. The van der Waals surface area contributed by atoms with E-state index >= 15 is 0 Å². The molecule has 102 valence electrons. The highest BCUT2D eigenvalue weighted by molar-refractivity contribution is 5.33. The molecule has 0 saturated carbocycles. The third-order valence-electron chi connectivity index (χ3n) is 3.31. The Morgan fingerprint density at radius 1 is 1.28 bits per heavy atom. The van der Waals surface area contributed by atoms with E-state index in [1.54, 1.807) is 7.11 Å². The third-order valence-corrected chi connectivity index (χ3v) is 3.31. The number of rotatable bonds is 6. The van der Waals surface area contributed by atoms with Gasteiger partial charge in [-0.15, -0.1) is 0 Å². The molecule has 0 aliphatic rings. The van der Waals surface area contributed by atoms with Crippen molar-refractivity contribution in [2.75, 3.05) is 7.11 Å².